The molecule has 4 rings (SSSR count). The largest absolute Gasteiger partial charge is 0.480 e. The Morgan fingerprint density at radius 2 is 1.68 bits per heavy atom. The van der Waals surface area contributed by atoms with Crippen LogP contribution in [0.4, 0.5) is 0 Å². The van der Waals surface area contributed by atoms with Gasteiger partial charge in [-0.25, -0.2) is 13.2 Å². The third kappa shape index (κ3) is 6.19. The Kier molecular flexibility index (Phi) is 8.74. The summed E-state index contributed by atoms with van der Waals surface area (Å²) in [6.45, 7) is 0.00235. The van der Waals surface area contributed by atoms with Crippen molar-refractivity contribution < 1.29 is 28.2 Å². The number of carbonyl (C=O) groups is 2. The van der Waals surface area contributed by atoms with Crippen LogP contribution in [0.15, 0.2) is 71.6 Å². The molecule has 2 atom stereocenters. The predicted octanol–water partition coefficient (Wildman–Crippen LogP) is 4.12. The van der Waals surface area contributed by atoms with E-state index in [1.54, 1.807) is 12.1 Å². The highest BCUT2D eigenvalue weighted by atomic mass is 35.5. The number of nitrogens with one attached hydrogen (secondary N) is 1. The Hall–Kier alpha value is -2.95. The molecular formula is C27H26Cl2N2O6S. The van der Waals surface area contributed by atoms with Gasteiger partial charge in [0.05, 0.1) is 11.5 Å². The maximum Gasteiger partial charge on any atom is 0.326 e. The second-order valence-corrected chi connectivity index (χ2v) is 11.8. The van der Waals surface area contributed by atoms with Crippen molar-refractivity contribution in [1.29, 1.82) is 0 Å². The standard InChI is InChI=1S/C27H26Cl2N2O6S/c28-20-13-21(29)15-22(14-20)38(36,37)31-11-3-6-25(31)26(33)30-24(27(34)35)12-17-7-9-18(10-8-17)23-5-2-1-4-19(23)16-32/h1-2,4-5,7-10,13-15,24-25,32H,3,6,11-12,16H2,(H,30,33)(H,34,35)/t24-,25-/m0/s1. The number of carbonyl (C=O) groups excluding carboxylic acids is 1. The van der Waals surface area contributed by atoms with E-state index < -0.39 is 34.0 Å². The Morgan fingerprint density at radius 1 is 1.03 bits per heavy atom. The molecule has 1 saturated heterocycles. The highest BCUT2D eigenvalue weighted by molar-refractivity contribution is 7.89. The van der Waals surface area contributed by atoms with Gasteiger partial charge in [-0.2, -0.15) is 4.31 Å². The molecule has 0 aliphatic carbocycles. The first kappa shape index (κ1) is 28.1. The minimum Gasteiger partial charge on any atom is -0.480 e. The lowest BCUT2D eigenvalue weighted by Crippen LogP contribution is -2.51. The molecule has 1 aliphatic heterocycles. The van der Waals surface area contributed by atoms with Gasteiger partial charge in [-0.1, -0.05) is 71.7 Å². The van der Waals surface area contributed by atoms with Crippen molar-refractivity contribution in [2.45, 2.75) is 42.8 Å². The van der Waals surface area contributed by atoms with Crippen molar-refractivity contribution in [3.8, 4) is 11.1 Å². The Morgan fingerprint density at radius 3 is 2.32 bits per heavy atom. The van der Waals surface area contributed by atoms with E-state index in [0.717, 1.165) is 21.0 Å². The summed E-state index contributed by atoms with van der Waals surface area (Å²) in [5.41, 5.74) is 3.18. The van der Waals surface area contributed by atoms with Crippen molar-refractivity contribution in [1.82, 2.24) is 9.62 Å². The van der Waals surface area contributed by atoms with Gasteiger partial charge in [0.15, 0.2) is 0 Å². The fourth-order valence-corrected chi connectivity index (χ4v) is 6.95. The molecule has 3 aromatic carbocycles. The minimum atomic E-state index is -4.09. The fraction of sp³-hybridized carbons (Fsp3) is 0.259. The number of carboxylic acid groups (broad SMARTS) is 1. The number of carboxylic acids is 1. The summed E-state index contributed by atoms with van der Waals surface area (Å²) in [6.07, 6.45) is 0.706. The monoisotopic (exact) mass is 576 g/mol. The molecule has 1 fully saturated rings. The summed E-state index contributed by atoms with van der Waals surface area (Å²) in [6, 6.07) is 16.2. The van der Waals surface area contributed by atoms with Gasteiger partial charge in [0, 0.05) is 23.0 Å². The van der Waals surface area contributed by atoms with E-state index in [4.69, 9.17) is 23.2 Å². The number of sulfonamides is 1. The molecule has 38 heavy (non-hydrogen) atoms. The maximum atomic E-state index is 13.3. The Bertz CT molecular complexity index is 1430. The molecule has 0 saturated carbocycles. The number of halogens is 2. The summed E-state index contributed by atoms with van der Waals surface area (Å²) in [5, 5.41) is 22.2. The molecule has 8 nitrogen and oxygen atoms in total. The zero-order chi connectivity index (χ0) is 27.4. The van der Waals surface area contributed by atoms with Crippen molar-refractivity contribution in [2.75, 3.05) is 6.54 Å². The third-order valence-electron chi connectivity index (χ3n) is 6.46. The summed E-state index contributed by atoms with van der Waals surface area (Å²) in [4.78, 5) is 25.0. The number of nitrogens with zero attached hydrogens (tertiary/aromatic N) is 1. The number of aliphatic hydroxyl groups is 1. The topological polar surface area (TPSA) is 124 Å². The quantitative estimate of drug-likeness (QED) is 0.352. The van der Waals surface area contributed by atoms with Gasteiger partial charge in [0.2, 0.25) is 15.9 Å². The van der Waals surface area contributed by atoms with Crippen LogP contribution in [0.1, 0.15) is 24.0 Å². The third-order valence-corrected chi connectivity index (χ3v) is 8.78. The summed E-state index contributed by atoms with van der Waals surface area (Å²) in [7, 11) is -4.09. The molecule has 1 amide bonds. The van der Waals surface area contributed by atoms with Gasteiger partial charge in [0.1, 0.15) is 12.1 Å². The van der Waals surface area contributed by atoms with Crippen LogP contribution in [0, 0.1) is 0 Å². The average molecular weight is 577 g/mol. The smallest absolute Gasteiger partial charge is 0.326 e. The minimum absolute atomic E-state index is 0.00632. The van der Waals surface area contributed by atoms with Crippen LogP contribution in [0.5, 0.6) is 0 Å². The van der Waals surface area contributed by atoms with E-state index in [9.17, 15) is 28.2 Å². The van der Waals surface area contributed by atoms with Crippen molar-refractivity contribution in [3.63, 3.8) is 0 Å². The van der Waals surface area contributed by atoms with E-state index >= 15 is 0 Å². The first-order valence-corrected chi connectivity index (χ1v) is 14.1. The molecule has 0 aromatic heterocycles. The van der Waals surface area contributed by atoms with Crippen molar-refractivity contribution >= 4 is 45.1 Å². The summed E-state index contributed by atoms with van der Waals surface area (Å²) < 4.78 is 27.6. The maximum absolute atomic E-state index is 13.3. The van der Waals surface area contributed by atoms with Gasteiger partial charge < -0.3 is 15.5 Å². The number of aliphatic carboxylic acids is 1. The lowest BCUT2D eigenvalue weighted by molar-refractivity contribution is -0.142. The van der Waals surface area contributed by atoms with Gasteiger partial charge in [-0.3, -0.25) is 4.79 Å². The van der Waals surface area contributed by atoms with E-state index in [0.29, 0.717) is 12.0 Å². The van der Waals surface area contributed by atoms with Crippen molar-refractivity contribution in [3.05, 3.63) is 87.9 Å². The number of hydrogen-bond donors (Lipinski definition) is 3. The predicted molar refractivity (Wildman–Crippen MR) is 144 cm³/mol. The highest BCUT2D eigenvalue weighted by Gasteiger charge is 2.40. The van der Waals surface area contributed by atoms with Crippen LogP contribution < -0.4 is 5.32 Å². The lowest BCUT2D eigenvalue weighted by Gasteiger charge is -2.25. The van der Waals surface area contributed by atoms with Crippen molar-refractivity contribution in [2.24, 2.45) is 0 Å². The molecule has 0 radical (unpaired) electrons. The normalized spacial score (nSPS) is 16.8. The molecule has 3 aromatic rings. The van der Waals surface area contributed by atoms with E-state index in [-0.39, 0.29) is 40.9 Å². The second-order valence-electron chi connectivity index (χ2n) is 8.99. The molecule has 11 heteroatoms. The van der Waals surface area contributed by atoms with Crippen LogP contribution in [0.25, 0.3) is 11.1 Å². The molecule has 1 aliphatic rings. The van der Waals surface area contributed by atoms with E-state index in [2.05, 4.69) is 5.32 Å². The van der Waals surface area contributed by atoms with E-state index in [1.165, 1.54) is 18.2 Å². The van der Waals surface area contributed by atoms with Gasteiger partial charge in [-0.05, 0) is 53.3 Å². The molecule has 0 bridgehead atoms. The second kappa shape index (κ2) is 11.8. The lowest BCUT2D eigenvalue weighted by atomic mass is 9.97. The average Bonchev–Trinajstić information content (AvgIpc) is 3.39. The number of amides is 1. The molecule has 0 unspecified atom stereocenters. The van der Waals surface area contributed by atoms with Crippen LogP contribution in [0.3, 0.4) is 0 Å². The number of aliphatic hydroxyl groups excluding tert-OH is 1. The number of rotatable bonds is 9. The van der Waals surface area contributed by atoms with Crippen LogP contribution in [-0.2, 0) is 32.6 Å². The summed E-state index contributed by atoms with van der Waals surface area (Å²) >= 11 is 12.0. The molecule has 0 spiro atoms. The van der Waals surface area contributed by atoms with Gasteiger partial charge in [0.25, 0.3) is 0 Å². The van der Waals surface area contributed by atoms with E-state index in [1.807, 2.05) is 36.4 Å². The Labute approximate surface area is 230 Å². The van der Waals surface area contributed by atoms with Gasteiger partial charge in [-0.15, -0.1) is 0 Å². The van der Waals surface area contributed by atoms with Crippen LogP contribution in [-0.4, -0.2) is 53.4 Å². The first-order chi connectivity index (χ1) is 18.1. The Balaban J connectivity index is 1.49. The molecular weight excluding hydrogens is 551 g/mol. The molecule has 200 valence electrons. The first-order valence-electron chi connectivity index (χ1n) is 11.9. The number of benzene rings is 3. The zero-order valence-corrected chi connectivity index (χ0v) is 22.5. The van der Waals surface area contributed by atoms with Gasteiger partial charge >= 0.3 is 5.97 Å². The summed E-state index contributed by atoms with van der Waals surface area (Å²) in [5.74, 6) is -1.91. The molecule has 1 heterocycles. The fourth-order valence-electron chi connectivity index (χ4n) is 4.57. The SMILES string of the molecule is O=C(O)[C@H](Cc1ccc(-c2ccccc2CO)cc1)NC(=O)[C@@H]1CCCN1S(=O)(=O)c1cc(Cl)cc(Cl)c1. The van der Waals surface area contributed by atoms with Crippen LogP contribution >= 0.6 is 23.2 Å². The highest BCUT2D eigenvalue weighted by Crippen LogP contribution is 2.30. The van der Waals surface area contributed by atoms with Crippen LogP contribution in [0.2, 0.25) is 10.0 Å². The zero-order valence-electron chi connectivity index (χ0n) is 20.2. The number of hydrogen-bond acceptors (Lipinski definition) is 5. The molecule has 3 N–H and O–H groups in total.